The Balaban J connectivity index is 1.87. The first-order valence-electron chi connectivity index (χ1n) is 5.11. The maximum atomic E-state index is 4.42. The summed E-state index contributed by atoms with van der Waals surface area (Å²) in [6.45, 7) is 5.74. The van der Waals surface area contributed by atoms with Gasteiger partial charge in [0.15, 0.2) is 0 Å². The van der Waals surface area contributed by atoms with Crippen LogP contribution in [0, 0.1) is 5.92 Å². The fourth-order valence-corrected chi connectivity index (χ4v) is 2.21. The molecule has 14 heavy (non-hydrogen) atoms. The van der Waals surface area contributed by atoms with Crippen molar-refractivity contribution in [3.63, 3.8) is 0 Å². The molecule has 0 saturated carbocycles. The molecule has 0 aliphatic carbocycles. The minimum Gasteiger partial charge on any atom is -0.297 e. The van der Waals surface area contributed by atoms with Crippen LogP contribution in [0.25, 0.3) is 0 Å². The van der Waals surface area contributed by atoms with E-state index in [0.717, 1.165) is 22.8 Å². The molecule has 2 nitrogen and oxygen atoms in total. The Hall–Kier alpha value is -0.410. The molecule has 0 unspecified atom stereocenters. The van der Waals surface area contributed by atoms with Gasteiger partial charge in [-0.15, -0.1) is 0 Å². The molecule has 3 heteroatoms. The van der Waals surface area contributed by atoms with Gasteiger partial charge in [0.2, 0.25) is 0 Å². The summed E-state index contributed by atoms with van der Waals surface area (Å²) in [6.07, 6.45) is 1.31. The van der Waals surface area contributed by atoms with Gasteiger partial charge in [0.05, 0.1) is 5.69 Å². The van der Waals surface area contributed by atoms with Gasteiger partial charge in [0.25, 0.3) is 0 Å². The zero-order chi connectivity index (χ0) is 9.97. The SMILES string of the molecule is CCC1CN(Cc2cccc(Br)n2)C1. The molecular weight excluding hydrogens is 240 g/mol. The molecule has 0 N–H and O–H groups in total. The first-order chi connectivity index (χ1) is 6.78. The number of nitrogens with zero attached hydrogens (tertiary/aromatic N) is 2. The normalized spacial score (nSPS) is 18.1. The summed E-state index contributed by atoms with van der Waals surface area (Å²) >= 11 is 3.39. The monoisotopic (exact) mass is 254 g/mol. The van der Waals surface area contributed by atoms with Crippen molar-refractivity contribution in [1.82, 2.24) is 9.88 Å². The van der Waals surface area contributed by atoms with Crippen LogP contribution < -0.4 is 0 Å². The Labute approximate surface area is 93.5 Å². The lowest BCUT2D eigenvalue weighted by atomic mass is 9.97. The molecule has 1 aliphatic rings. The minimum atomic E-state index is 0.919. The Morgan fingerprint density at radius 2 is 2.29 bits per heavy atom. The predicted octanol–water partition coefficient (Wildman–Crippen LogP) is 2.69. The van der Waals surface area contributed by atoms with Gasteiger partial charge in [-0.3, -0.25) is 4.90 Å². The van der Waals surface area contributed by atoms with Crippen molar-refractivity contribution in [2.75, 3.05) is 13.1 Å². The van der Waals surface area contributed by atoms with Gasteiger partial charge in [-0.1, -0.05) is 19.4 Å². The molecule has 0 atom stereocenters. The van der Waals surface area contributed by atoms with Crippen molar-refractivity contribution in [3.05, 3.63) is 28.5 Å². The summed E-state index contributed by atoms with van der Waals surface area (Å²) in [4.78, 5) is 6.87. The lowest BCUT2D eigenvalue weighted by molar-refractivity contribution is 0.0884. The summed E-state index contributed by atoms with van der Waals surface area (Å²) in [5.41, 5.74) is 1.16. The summed E-state index contributed by atoms with van der Waals surface area (Å²) in [5, 5.41) is 0. The van der Waals surface area contributed by atoms with Crippen LogP contribution in [-0.4, -0.2) is 23.0 Å². The molecule has 1 aliphatic heterocycles. The lowest BCUT2D eigenvalue weighted by Crippen LogP contribution is -2.45. The lowest BCUT2D eigenvalue weighted by Gasteiger charge is -2.38. The maximum absolute atomic E-state index is 4.42. The molecule has 0 spiro atoms. The van der Waals surface area contributed by atoms with Gasteiger partial charge in [-0.2, -0.15) is 0 Å². The number of pyridine rings is 1. The quantitative estimate of drug-likeness (QED) is 0.772. The molecule has 0 bridgehead atoms. The molecule has 1 aromatic heterocycles. The van der Waals surface area contributed by atoms with Crippen LogP contribution >= 0.6 is 15.9 Å². The molecule has 1 fully saturated rings. The van der Waals surface area contributed by atoms with Crippen molar-refractivity contribution in [2.24, 2.45) is 5.92 Å². The van der Waals surface area contributed by atoms with Crippen LogP contribution in [-0.2, 0) is 6.54 Å². The topological polar surface area (TPSA) is 16.1 Å². The molecular formula is C11H15BrN2. The third-order valence-corrected chi connectivity index (χ3v) is 3.21. The zero-order valence-corrected chi connectivity index (χ0v) is 10.00. The molecule has 76 valence electrons. The fourth-order valence-electron chi connectivity index (χ4n) is 1.83. The predicted molar refractivity (Wildman–Crippen MR) is 61.0 cm³/mol. The highest BCUT2D eigenvalue weighted by Gasteiger charge is 2.24. The van der Waals surface area contributed by atoms with E-state index in [2.05, 4.69) is 38.8 Å². The number of rotatable bonds is 3. The highest BCUT2D eigenvalue weighted by molar-refractivity contribution is 9.10. The Morgan fingerprint density at radius 1 is 1.50 bits per heavy atom. The average Bonchev–Trinajstić information content (AvgIpc) is 2.10. The largest absolute Gasteiger partial charge is 0.297 e. The van der Waals surface area contributed by atoms with Gasteiger partial charge in [-0.05, 0) is 34.0 Å². The fraction of sp³-hybridized carbons (Fsp3) is 0.545. The molecule has 2 heterocycles. The Bertz CT molecular complexity index is 308. The molecule has 2 rings (SSSR count). The minimum absolute atomic E-state index is 0.919. The number of hydrogen-bond donors (Lipinski definition) is 0. The van der Waals surface area contributed by atoms with Crippen molar-refractivity contribution in [2.45, 2.75) is 19.9 Å². The second-order valence-electron chi connectivity index (χ2n) is 3.92. The van der Waals surface area contributed by atoms with Crippen LogP contribution in [0.4, 0.5) is 0 Å². The van der Waals surface area contributed by atoms with Crippen molar-refractivity contribution in [3.8, 4) is 0 Å². The van der Waals surface area contributed by atoms with Crippen molar-refractivity contribution < 1.29 is 0 Å². The third kappa shape index (κ3) is 2.34. The zero-order valence-electron chi connectivity index (χ0n) is 8.41. The molecule has 1 saturated heterocycles. The van der Waals surface area contributed by atoms with E-state index in [9.17, 15) is 0 Å². The standard InChI is InChI=1S/C11H15BrN2/c1-2-9-6-14(7-9)8-10-4-3-5-11(12)13-10/h3-5,9H,2,6-8H2,1H3. The first-order valence-corrected chi connectivity index (χ1v) is 5.91. The number of hydrogen-bond acceptors (Lipinski definition) is 2. The summed E-state index contributed by atoms with van der Waals surface area (Å²) in [6, 6.07) is 6.10. The molecule has 1 aromatic rings. The number of halogens is 1. The number of aromatic nitrogens is 1. The smallest absolute Gasteiger partial charge is 0.106 e. The van der Waals surface area contributed by atoms with Gasteiger partial charge in [-0.25, -0.2) is 4.98 Å². The maximum Gasteiger partial charge on any atom is 0.106 e. The third-order valence-electron chi connectivity index (χ3n) is 2.77. The molecule has 0 amide bonds. The van der Waals surface area contributed by atoms with E-state index >= 15 is 0 Å². The first kappa shape index (κ1) is 10.1. The van der Waals surface area contributed by atoms with Crippen LogP contribution in [0.5, 0.6) is 0 Å². The van der Waals surface area contributed by atoms with E-state index in [1.807, 2.05) is 12.1 Å². The summed E-state index contributed by atoms with van der Waals surface area (Å²) < 4.78 is 0.933. The van der Waals surface area contributed by atoms with Crippen LogP contribution in [0.15, 0.2) is 22.8 Å². The van der Waals surface area contributed by atoms with E-state index in [-0.39, 0.29) is 0 Å². The van der Waals surface area contributed by atoms with Crippen LogP contribution in [0.3, 0.4) is 0 Å². The van der Waals surface area contributed by atoms with Gasteiger partial charge < -0.3 is 0 Å². The summed E-state index contributed by atoms with van der Waals surface area (Å²) in [5.74, 6) is 0.919. The highest BCUT2D eigenvalue weighted by atomic mass is 79.9. The summed E-state index contributed by atoms with van der Waals surface area (Å²) in [7, 11) is 0. The van der Waals surface area contributed by atoms with Gasteiger partial charge in [0.1, 0.15) is 4.60 Å². The van der Waals surface area contributed by atoms with Gasteiger partial charge >= 0.3 is 0 Å². The second-order valence-corrected chi connectivity index (χ2v) is 4.73. The highest BCUT2D eigenvalue weighted by Crippen LogP contribution is 2.20. The van der Waals surface area contributed by atoms with E-state index < -0.39 is 0 Å². The van der Waals surface area contributed by atoms with Crippen molar-refractivity contribution in [1.29, 1.82) is 0 Å². The number of likely N-dealkylation sites (tertiary alicyclic amines) is 1. The van der Waals surface area contributed by atoms with E-state index in [4.69, 9.17) is 0 Å². The Kier molecular flexibility index (Phi) is 3.19. The van der Waals surface area contributed by atoms with E-state index in [0.29, 0.717) is 0 Å². The molecule has 0 aromatic carbocycles. The molecule has 0 radical (unpaired) electrons. The average molecular weight is 255 g/mol. The van der Waals surface area contributed by atoms with Crippen LogP contribution in [0.1, 0.15) is 19.0 Å². The Morgan fingerprint density at radius 3 is 2.93 bits per heavy atom. The van der Waals surface area contributed by atoms with Crippen molar-refractivity contribution >= 4 is 15.9 Å². The van der Waals surface area contributed by atoms with E-state index in [1.165, 1.54) is 19.5 Å². The second kappa shape index (κ2) is 4.41. The van der Waals surface area contributed by atoms with E-state index in [1.54, 1.807) is 0 Å². The van der Waals surface area contributed by atoms with Crippen LogP contribution in [0.2, 0.25) is 0 Å². The van der Waals surface area contributed by atoms with Gasteiger partial charge in [0, 0.05) is 19.6 Å².